The molecule has 0 amide bonds. The zero-order valence-corrected chi connectivity index (χ0v) is 8.70. The molecule has 5 heteroatoms. The van der Waals surface area contributed by atoms with Gasteiger partial charge in [0, 0.05) is 11.0 Å². The Bertz CT molecular complexity index is 379. The SMILES string of the molecule is CC1(C)C(C#N)=C(N)NC([S-])=C1C#N. The number of rotatable bonds is 0. The van der Waals surface area contributed by atoms with Crippen LogP contribution in [0.4, 0.5) is 0 Å². The van der Waals surface area contributed by atoms with E-state index in [0.29, 0.717) is 16.2 Å². The van der Waals surface area contributed by atoms with E-state index in [-0.39, 0.29) is 5.82 Å². The van der Waals surface area contributed by atoms with E-state index in [1.165, 1.54) is 0 Å². The largest absolute Gasteiger partial charge is 0.761 e. The minimum Gasteiger partial charge on any atom is -0.761 e. The van der Waals surface area contributed by atoms with Gasteiger partial charge < -0.3 is 23.7 Å². The molecule has 72 valence electrons. The maximum absolute atomic E-state index is 8.91. The van der Waals surface area contributed by atoms with Crippen LogP contribution in [0.2, 0.25) is 0 Å². The third kappa shape index (κ3) is 1.28. The number of allylic oxidation sites excluding steroid dienone is 2. The Morgan fingerprint density at radius 3 is 2.21 bits per heavy atom. The lowest BCUT2D eigenvalue weighted by atomic mass is 9.77. The van der Waals surface area contributed by atoms with Crippen molar-refractivity contribution in [2.75, 3.05) is 0 Å². The minimum atomic E-state index is -0.698. The van der Waals surface area contributed by atoms with E-state index in [1.807, 2.05) is 12.1 Å². The number of dihydropyridines is 1. The summed E-state index contributed by atoms with van der Waals surface area (Å²) in [7, 11) is 0. The van der Waals surface area contributed by atoms with E-state index in [9.17, 15) is 0 Å². The van der Waals surface area contributed by atoms with Crippen LogP contribution in [0, 0.1) is 28.1 Å². The van der Waals surface area contributed by atoms with Gasteiger partial charge in [0.2, 0.25) is 0 Å². The zero-order valence-electron chi connectivity index (χ0n) is 7.88. The highest BCUT2D eigenvalue weighted by Crippen LogP contribution is 2.38. The lowest BCUT2D eigenvalue weighted by Crippen LogP contribution is -2.34. The summed E-state index contributed by atoms with van der Waals surface area (Å²) in [6.45, 7) is 3.51. The van der Waals surface area contributed by atoms with Crippen molar-refractivity contribution in [1.82, 2.24) is 5.32 Å². The van der Waals surface area contributed by atoms with Gasteiger partial charge >= 0.3 is 0 Å². The van der Waals surface area contributed by atoms with Crippen molar-refractivity contribution >= 4 is 12.6 Å². The predicted molar refractivity (Wildman–Crippen MR) is 53.7 cm³/mol. The van der Waals surface area contributed by atoms with Crippen LogP contribution in [0.1, 0.15) is 13.8 Å². The molecular formula is C9H9N4S-. The zero-order chi connectivity index (χ0) is 10.9. The van der Waals surface area contributed by atoms with Gasteiger partial charge in [-0.05, 0) is 0 Å². The molecule has 0 aromatic rings. The second kappa shape index (κ2) is 3.21. The first-order valence-corrected chi connectivity index (χ1v) is 4.35. The average molecular weight is 205 g/mol. The third-order valence-electron chi connectivity index (χ3n) is 2.22. The minimum absolute atomic E-state index is 0.238. The monoisotopic (exact) mass is 205 g/mol. The Morgan fingerprint density at radius 2 is 1.79 bits per heavy atom. The number of hydrogen-bond acceptors (Lipinski definition) is 5. The normalized spacial score (nSPS) is 19.7. The molecule has 1 heterocycles. The first-order chi connectivity index (χ1) is 6.45. The third-order valence-corrected chi connectivity index (χ3v) is 2.52. The second-order valence-electron chi connectivity index (χ2n) is 3.47. The highest BCUT2D eigenvalue weighted by molar-refractivity contribution is 7.63. The van der Waals surface area contributed by atoms with Crippen LogP contribution in [0.3, 0.4) is 0 Å². The molecule has 0 unspecified atom stereocenters. The van der Waals surface area contributed by atoms with Gasteiger partial charge in [0.1, 0.15) is 5.82 Å². The molecule has 1 aliphatic heterocycles. The van der Waals surface area contributed by atoms with Gasteiger partial charge in [-0.15, -0.1) is 0 Å². The maximum Gasteiger partial charge on any atom is 0.114 e. The van der Waals surface area contributed by atoms with Gasteiger partial charge in [-0.1, -0.05) is 18.9 Å². The topological polar surface area (TPSA) is 85.6 Å². The first-order valence-electron chi connectivity index (χ1n) is 3.94. The number of nitriles is 2. The summed E-state index contributed by atoms with van der Waals surface area (Å²) < 4.78 is 0. The molecule has 0 saturated carbocycles. The van der Waals surface area contributed by atoms with Crippen LogP contribution >= 0.6 is 0 Å². The molecule has 0 radical (unpaired) electrons. The van der Waals surface area contributed by atoms with Gasteiger partial charge in [-0.2, -0.15) is 10.5 Å². The van der Waals surface area contributed by atoms with Crippen molar-refractivity contribution < 1.29 is 0 Å². The molecule has 14 heavy (non-hydrogen) atoms. The van der Waals surface area contributed by atoms with Gasteiger partial charge in [-0.25, -0.2) is 0 Å². The van der Waals surface area contributed by atoms with Gasteiger partial charge in [0.05, 0.1) is 17.7 Å². The highest BCUT2D eigenvalue weighted by atomic mass is 32.1. The molecule has 0 spiro atoms. The Labute approximate surface area is 88.1 Å². The van der Waals surface area contributed by atoms with E-state index in [4.69, 9.17) is 28.9 Å². The summed E-state index contributed by atoms with van der Waals surface area (Å²) in [5, 5.41) is 20.8. The second-order valence-corrected chi connectivity index (χ2v) is 3.87. The Hall–Kier alpha value is -1.72. The lowest BCUT2D eigenvalue weighted by molar-refractivity contribution is 0.540. The molecule has 1 aliphatic rings. The molecule has 0 atom stereocenters. The first kappa shape index (κ1) is 10.4. The number of nitrogens with one attached hydrogen (secondary N) is 1. The predicted octanol–water partition coefficient (Wildman–Crippen LogP) is 0.592. The molecule has 1 rings (SSSR count). The van der Waals surface area contributed by atoms with Crippen LogP contribution in [0.5, 0.6) is 0 Å². The van der Waals surface area contributed by atoms with Crippen LogP contribution in [0.25, 0.3) is 0 Å². The molecular weight excluding hydrogens is 196 g/mol. The van der Waals surface area contributed by atoms with Gasteiger partial charge in [0.15, 0.2) is 0 Å². The Morgan fingerprint density at radius 1 is 1.29 bits per heavy atom. The fourth-order valence-electron chi connectivity index (χ4n) is 1.38. The smallest absolute Gasteiger partial charge is 0.114 e. The molecule has 3 N–H and O–H groups in total. The van der Waals surface area contributed by atoms with Gasteiger partial charge in [-0.3, -0.25) is 0 Å². The molecule has 0 fully saturated rings. The molecule has 0 aromatic carbocycles. The highest BCUT2D eigenvalue weighted by Gasteiger charge is 2.33. The van der Waals surface area contributed by atoms with Crippen LogP contribution in [-0.4, -0.2) is 0 Å². The van der Waals surface area contributed by atoms with E-state index >= 15 is 0 Å². The van der Waals surface area contributed by atoms with Crippen molar-refractivity contribution in [3.63, 3.8) is 0 Å². The fraction of sp³-hybridized carbons (Fsp3) is 0.333. The number of hydrogen-bond donors (Lipinski definition) is 2. The lowest BCUT2D eigenvalue weighted by Gasteiger charge is -2.35. The summed E-state index contributed by atoms with van der Waals surface area (Å²) in [6, 6.07) is 3.99. The van der Waals surface area contributed by atoms with E-state index in [2.05, 4.69) is 5.32 Å². The number of nitrogens with two attached hydrogens (primary N) is 1. The van der Waals surface area contributed by atoms with E-state index in [0.717, 1.165) is 0 Å². The summed E-state index contributed by atoms with van der Waals surface area (Å²) >= 11 is 4.96. The maximum atomic E-state index is 8.91. The number of nitrogens with zero attached hydrogens (tertiary/aromatic N) is 2. The van der Waals surface area contributed by atoms with Crippen molar-refractivity contribution in [1.29, 1.82) is 10.5 Å². The summed E-state index contributed by atoms with van der Waals surface area (Å²) in [5.41, 5.74) is 5.63. The average Bonchev–Trinajstić information content (AvgIpc) is 2.02. The molecule has 0 aromatic heterocycles. The van der Waals surface area contributed by atoms with Crippen molar-refractivity contribution in [3.8, 4) is 12.1 Å². The van der Waals surface area contributed by atoms with Gasteiger partial charge in [0.25, 0.3) is 0 Å². The summed E-state index contributed by atoms with van der Waals surface area (Å²) in [4.78, 5) is 0. The van der Waals surface area contributed by atoms with Crippen molar-refractivity contribution in [3.05, 3.63) is 22.0 Å². The fourth-order valence-corrected chi connectivity index (χ4v) is 1.79. The van der Waals surface area contributed by atoms with Crippen molar-refractivity contribution in [2.45, 2.75) is 13.8 Å². The molecule has 0 bridgehead atoms. The summed E-state index contributed by atoms with van der Waals surface area (Å²) in [5.74, 6) is 0.238. The van der Waals surface area contributed by atoms with Crippen LogP contribution in [0.15, 0.2) is 22.0 Å². The van der Waals surface area contributed by atoms with Crippen molar-refractivity contribution in [2.24, 2.45) is 11.1 Å². The summed E-state index contributed by atoms with van der Waals surface area (Å²) in [6.07, 6.45) is 0. The van der Waals surface area contributed by atoms with E-state index < -0.39 is 5.41 Å². The Kier molecular flexibility index (Phi) is 2.37. The molecule has 0 saturated heterocycles. The molecule has 4 nitrogen and oxygen atoms in total. The Balaban J connectivity index is 3.38. The van der Waals surface area contributed by atoms with Crippen LogP contribution in [-0.2, 0) is 12.6 Å². The molecule has 0 aliphatic carbocycles. The standard InChI is InChI=1S/C9H10N4S/c1-9(2)5(3-10)7(12)13-8(14)6(9)4-11/h13-14H,12H2,1-2H3/p-1. The van der Waals surface area contributed by atoms with Crippen LogP contribution < -0.4 is 11.1 Å². The van der Waals surface area contributed by atoms with E-state index in [1.54, 1.807) is 13.8 Å². The quantitative estimate of drug-likeness (QED) is 0.565.